The summed E-state index contributed by atoms with van der Waals surface area (Å²) >= 11 is 0. The van der Waals surface area contributed by atoms with Crippen LogP contribution in [0.2, 0.25) is 0 Å². The molecular formula is C27H38O5. The van der Waals surface area contributed by atoms with Gasteiger partial charge in [-0.1, -0.05) is 42.7 Å². The quantitative estimate of drug-likeness (QED) is 0.358. The Hall–Kier alpha value is -1.72. The Morgan fingerprint density at radius 1 is 1.16 bits per heavy atom. The van der Waals surface area contributed by atoms with Crippen molar-refractivity contribution in [3.8, 4) is 0 Å². The van der Waals surface area contributed by atoms with Gasteiger partial charge in [0.1, 0.15) is 0 Å². The molecule has 0 aromatic carbocycles. The standard InChI is InChI=1S/C27H38O5/c1-30-26(29)11-5-2-8-19-16-21-18-25(32-27-12-6-7-15-31-27)22(23(21)17-19)13-14-24(28)20-9-3-4-10-20/h2,8,13-14,16,20-23,25,27H,3-7,9-12,15,17-18H2,1H3/b8-2?,14-13-/t21-,22-,23-,25+,27?/m0/s1. The molecule has 1 saturated heterocycles. The first kappa shape index (κ1) is 23.4. The maximum atomic E-state index is 12.7. The van der Waals surface area contributed by atoms with Crippen LogP contribution in [0.5, 0.6) is 0 Å². The van der Waals surface area contributed by atoms with Gasteiger partial charge in [0.05, 0.1) is 13.2 Å². The van der Waals surface area contributed by atoms with E-state index in [2.05, 4.69) is 24.3 Å². The highest BCUT2D eigenvalue weighted by molar-refractivity contribution is 5.91. The summed E-state index contributed by atoms with van der Waals surface area (Å²) in [4.78, 5) is 24.0. The van der Waals surface area contributed by atoms with Gasteiger partial charge in [0.15, 0.2) is 12.1 Å². The van der Waals surface area contributed by atoms with Gasteiger partial charge in [-0.2, -0.15) is 0 Å². The van der Waals surface area contributed by atoms with Crippen LogP contribution in [0.25, 0.3) is 0 Å². The van der Waals surface area contributed by atoms with E-state index in [9.17, 15) is 9.59 Å². The molecule has 0 spiro atoms. The van der Waals surface area contributed by atoms with Gasteiger partial charge in [0, 0.05) is 24.9 Å². The molecule has 5 heteroatoms. The van der Waals surface area contributed by atoms with Crippen LogP contribution in [0.1, 0.15) is 70.6 Å². The van der Waals surface area contributed by atoms with Crippen LogP contribution >= 0.6 is 0 Å². The predicted octanol–water partition coefficient (Wildman–Crippen LogP) is 5.31. The lowest BCUT2D eigenvalue weighted by molar-refractivity contribution is -0.192. The highest BCUT2D eigenvalue weighted by atomic mass is 16.7. The number of esters is 1. The monoisotopic (exact) mass is 442 g/mol. The minimum Gasteiger partial charge on any atom is -0.469 e. The smallest absolute Gasteiger partial charge is 0.305 e. The fourth-order valence-corrected chi connectivity index (χ4v) is 5.90. The molecule has 4 aliphatic rings. The third kappa shape index (κ3) is 5.99. The van der Waals surface area contributed by atoms with E-state index < -0.39 is 0 Å². The van der Waals surface area contributed by atoms with Crippen LogP contribution < -0.4 is 0 Å². The van der Waals surface area contributed by atoms with Gasteiger partial charge >= 0.3 is 5.97 Å². The summed E-state index contributed by atoms with van der Waals surface area (Å²) < 4.78 is 17.0. The largest absolute Gasteiger partial charge is 0.469 e. The molecule has 0 radical (unpaired) electrons. The predicted molar refractivity (Wildman–Crippen MR) is 123 cm³/mol. The van der Waals surface area contributed by atoms with Crippen molar-refractivity contribution in [3.05, 3.63) is 36.0 Å². The molecule has 2 saturated carbocycles. The van der Waals surface area contributed by atoms with E-state index in [4.69, 9.17) is 14.2 Å². The van der Waals surface area contributed by atoms with Gasteiger partial charge in [-0.3, -0.25) is 9.59 Å². The van der Waals surface area contributed by atoms with Gasteiger partial charge in [-0.05, 0) is 69.3 Å². The van der Waals surface area contributed by atoms with E-state index in [-0.39, 0.29) is 30.2 Å². The van der Waals surface area contributed by atoms with Crippen LogP contribution in [0.4, 0.5) is 0 Å². The van der Waals surface area contributed by atoms with Gasteiger partial charge in [0.2, 0.25) is 0 Å². The molecule has 1 unspecified atom stereocenters. The Labute approximate surface area is 192 Å². The third-order valence-electron chi connectivity index (χ3n) is 7.66. The molecule has 0 aromatic heterocycles. The molecule has 0 bridgehead atoms. The lowest BCUT2D eigenvalue weighted by atomic mass is 9.88. The van der Waals surface area contributed by atoms with Crippen molar-refractivity contribution >= 4 is 11.8 Å². The SMILES string of the molecule is COC(=O)CCC=CC1=C[C@H]2C[C@@H](OC3CCCCO3)[C@@H](/C=C\C(=O)C3CCCC3)[C@H]2C1. The molecule has 4 rings (SSSR count). The number of hydrogen-bond acceptors (Lipinski definition) is 5. The maximum absolute atomic E-state index is 12.7. The van der Waals surface area contributed by atoms with Gasteiger partial charge in [-0.15, -0.1) is 0 Å². The second kappa shape index (κ2) is 11.4. The fraction of sp³-hybridized carbons (Fsp3) is 0.704. The fourth-order valence-electron chi connectivity index (χ4n) is 5.90. The van der Waals surface area contributed by atoms with Crippen LogP contribution in [0.3, 0.4) is 0 Å². The van der Waals surface area contributed by atoms with Crippen molar-refractivity contribution < 1.29 is 23.8 Å². The van der Waals surface area contributed by atoms with E-state index in [1.54, 1.807) is 0 Å². The maximum Gasteiger partial charge on any atom is 0.305 e. The summed E-state index contributed by atoms with van der Waals surface area (Å²) in [6.07, 6.45) is 21.4. The van der Waals surface area contributed by atoms with Gasteiger partial charge in [-0.25, -0.2) is 0 Å². The number of carbonyl (C=O) groups excluding carboxylic acids is 2. The first-order valence-corrected chi connectivity index (χ1v) is 12.6. The van der Waals surface area contributed by atoms with Crippen molar-refractivity contribution in [2.45, 2.75) is 83.0 Å². The molecule has 32 heavy (non-hydrogen) atoms. The van der Waals surface area contributed by atoms with E-state index in [1.807, 2.05) is 6.08 Å². The number of allylic oxidation sites excluding steroid dienone is 5. The van der Waals surface area contributed by atoms with Crippen molar-refractivity contribution in [1.29, 1.82) is 0 Å². The number of carbonyl (C=O) groups is 2. The average Bonchev–Trinajstić information content (AvgIpc) is 3.53. The highest BCUT2D eigenvalue weighted by Crippen LogP contribution is 2.49. The van der Waals surface area contributed by atoms with Crippen LogP contribution in [-0.4, -0.2) is 37.9 Å². The highest BCUT2D eigenvalue weighted by Gasteiger charge is 2.45. The van der Waals surface area contributed by atoms with Gasteiger partial charge in [0.25, 0.3) is 0 Å². The number of methoxy groups -OCH3 is 1. The Morgan fingerprint density at radius 2 is 1.97 bits per heavy atom. The van der Waals surface area contributed by atoms with Gasteiger partial charge < -0.3 is 14.2 Å². The Balaban J connectivity index is 1.39. The number of hydrogen-bond donors (Lipinski definition) is 0. The molecule has 3 aliphatic carbocycles. The Kier molecular flexibility index (Phi) is 8.37. The zero-order valence-electron chi connectivity index (χ0n) is 19.4. The second-order valence-electron chi connectivity index (χ2n) is 9.82. The zero-order valence-corrected chi connectivity index (χ0v) is 19.4. The van der Waals surface area contributed by atoms with Crippen molar-refractivity contribution in [3.63, 3.8) is 0 Å². The summed E-state index contributed by atoms with van der Waals surface area (Å²) in [6, 6.07) is 0. The van der Waals surface area contributed by atoms with Crippen LogP contribution in [0.15, 0.2) is 36.0 Å². The number of rotatable bonds is 9. The molecule has 176 valence electrons. The first-order valence-electron chi connectivity index (χ1n) is 12.6. The Bertz CT molecular complexity index is 739. The van der Waals surface area contributed by atoms with Crippen LogP contribution in [0, 0.1) is 23.7 Å². The summed E-state index contributed by atoms with van der Waals surface area (Å²) in [7, 11) is 1.43. The van der Waals surface area contributed by atoms with E-state index in [1.165, 1.54) is 25.5 Å². The minimum absolute atomic E-state index is 0.101. The number of ketones is 1. The summed E-state index contributed by atoms with van der Waals surface area (Å²) in [5, 5.41) is 0. The molecule has 0 N–H and O–H groups in total. The molecule has 5 nitrogen and oxygen atoms in total. The number of fused-ring (bicyclic) bond motifs is 1. The number of ether oxygens (including phenoxy) is 3. The van der Waals surface area contributed by atoms with E-state index in [0.717, 1.165) is 51.6 Å². The molecule has 3 fully saturated rings. The lowest BCUT2D eigenvalue weighted by Gasteiger charge is -2.29. The molecule has 0 amide bonds. The summed E-state index contributed by atoms with van der Waals surface area (Å²) in [6.45, 7) is 0.783. The van der Waals surface area contributed by atoms with E-state index in [0.29, 0.717) is 30.5 Å². The minimum atomic E-state index is -0.172. The van der Waals surface area contributed by atoms with Crippen molar-refractivity contribution in [1.82, 2.24) is 0 Å². The molecule has 5 atom stereocenters. The average molecular weight is 443 g/mol. The summed E-state index contributed by atoms with van der Waals surface area (Å²) in [5.41, 5.74) is 1.33. The molecule has 0 aromatic rings. The topological polar surface area (TPSA) is 61.8 Å². The zero-order chi connectivity index (χ0) is 22.3. The normalized spacial score (nSPS) is 33.2. The van der Waals surface area contributed by atoms with Crippen molar-refractivity contribution in [2.24, 2.45) is 23.7 Å². The molecule has 1 heterocycles. The lowest BCUT2D eigenvalue weighted by Crippen LogP contribution is -2.30. The Morgan fingerprint density at radius 3 is 2.72 bits per heavy atom. The molecular weight excluding hydrogens is 404 g/mol. The van der Waals surface area contributed by atoms with Crippen LogP contribution in [-0.2, 0) is 23.8 Å². The third-order valence-corrected chi connectivity index (χ3v) is 7.66. The second-order valence-corrected chi connectivity index (χ2v) is 9.82. The van der Waals surface area contributed by atoms with E-state index >= 15 is 0 Å². The molecule has 1 aliphatic heterocycles. The van der Waals surface area contributed by atoms with Crippen molar-refractivity contribution in [2.75, 3.05) is 13.7 Å². The first-order chi connectivity index (χ1) is 15.6. The summed E-state index contributed by atoms with van der Waals surface area (Å²) in [5.74, 6) is 1.53.